The molecular formula is C20H27ClN6O. The van der Waals surface area contributed by atoms with Crippen LogP contribution < -0.4 is 10.2 Å². The molecule has 8 heteroatoms. The van der Waals surface area contributed by atoms with E-state index in [0.717, 1.165) is 29.9 Å². The highest BCUT2D eigenvalue weighted by molar-refractivity contribution is 6.33. The van der Waals surface area contributed by atoms with Gasteiger partial charge in [0.05, 0.1) is 18.1 Å². The molecule has 2 aromatic heterocycles. The summed E-state index contributed by atoms with van der Waals surface area (Å²) in [5.74, 6) is 3.06. The highest BCUT2D eigenvalue weighted by atomic mass is 35.5. The number of aromatic amines is 1. The normalized spacial score (nSPS) is 18.0. The number of H-pyrrole nitrogens is 1. The van der Waals surface area contributed by atoms with Gasteiger partial charge in [0.25, 0.3) is 0 Å². The lowest BCUT2D eigenvalue weighted by Gasteiger charge is -2.47. The Bertz CT molecular complexity index is 1040. The van der Waals surface area contributed by atoms with E-state index in [2.05, 4.69) is 25.4 Å². The van der Waals surface area contributed by atoms with Crippen LogP contribution in [0.2, 0.25) is 5.02 Å². The highest BCUT2D eigenvalue weighted by Crippen LogP contribution is 2.45. The maximum Gasteiger partial charge on any atom is 0.165 e. The second kappa shape index (κ2) is 6.46. The van der Waals surface area contributed by atoms with Crippen LogP contribution in [0.1, 0.15) is 22.8 Å². The molecule has 5 rings (SSSR count). The fraction of sp³-hybridized carbons (Fsp3) is 0.350. The van der Waals surface area contributed by atoms with E-state index in [9.17, 15) is 5.11 Å². The highest BCUT2D eigenvalue weighted by Gasteiger charge is 2.52. The molecule has 1 saturated heterocycles. The summed E-state index contributed by atoms with van der Waals surface area (Å²) in [6, 6.07) is 11.3. The average Bonchev–Trinajstić information content (AvgIpc) is 3.43. The predicted octanol–water partition coefficient (Wildman–Crippen LogP) is 4.27. The van der Waals surface area contributed by atoms with Crippen LogP contribution in [0.5, 0.6) is 0 Å². The number of nitrogens with zero attached hydrogens (tertiary/aromatic N) is 4. The first-order valence-corrected chi connectivity index (χ1v) is 9.78. The Morgan fingerprint density at radius 2 is 2.00 bits per heavy atom. The van der Waals surface area contributed by atoms with E-state index >= 15 is 0 Å². The number of nitrogens with one attached hydrogen (secondary N) is 2. The van der Waals surface area contributed by atoms with Crippen molar-refractivity contribution in [2.75, 3.05) is 23.3 Å². The molecule has 2 aliphatic rings. The third-order valence-corrected chi connectivity index (χ3v) is 5.71. The number of anilines is 3. The largest absolute Gasteiger partial charge is 0.386 e. The number of aliphatic hydroxyl groups is 1. The van der Waals surface area contributed by atoms with Crippen LogP contribution in [-0.2, 0) is 0 Å². The summed E-state index contributed by atoms with van der Waals surface area (Å²) in [6.07, 6.45) is 2.23. The number of rotatable bonds is 5. The van der Waals surface area contributed by atoms with Crippen molar-refractivity contribution in [3.8, 4) is 11.4 Å². The lowest BCUT2D eigenvalue weighted by atomic mass is 9.89. The summed E-state index contributed by atoms with van der Waals surface area (Å²) < 4.78 is 0. The van der Waals surface area contributed by atoms with Crippen molar-refractivity contribution in [1.82, 2.24) is 20.2 Å². The Morgan fingerprint density at radius 3 is 2.68 bits per heavy atom. The molecule has 3 heterocycles. The SMILES string of the molecule is Cc1cc(Nc2cc(N3CC(O)(C4CC4)C3)nc(-c3ccccc3Cl)n2)n[nH]1.[HH].[HH].[HH]. The molecule has 1 aliphatic carbocycles. The fourth-order valence-electron chi connectivity index (χ4n) is 3.69. The van der Waals surface area contributed by atoms with Gasteiger partial charge in [-0.25, -0.2) is 9.97 Å². The molecule has 0 unspecified atom stereocenters. The molecule has 0 radical (unpaired) electrons. The third-order valence-electron chi connectivity index (χ3n) is 5.38. The van der Waals surface area contributed by atoms with Crippen LogP contribution in [0.15, 0.2) is 36.4 Å². The van der Waals surface area contributed by atoms with Crippen LogP contribution in [0.3, 0.4) is 0 Å². The van der Waals surface area contributed by atoms with Crippen LogP contribution in [0.25, 0.3) is 11.4 Å². The molecule has 7 nitrogen and oxygen atoms in total. The van der Waals surface area contributed by atoms with Gasteiger partial charge in [0, 0.05) is 27.7 Å². The molecule has 3 N–H and O–H groups in total. The van der Waals surface area contributed by atoms with Crippen molar-refractivity contribution in [2.45, 2.75) is 25.4 Å². The van der Waals surface area contributed by atoms with Crippen LogP contribution in [0, 0.1) is 12.8 Å². The van der Waals surface area contributed by atoms with Crippen LogP contribution in [-0.4, -0.2) is 44.0 Å². The topological polar surface area (TPSA) is 90.0 Å². The quantitative estimate of drug-likeness (QED) is 0.590. The number of benzene rings is 1. The van der Waals surface area contributed by atoms with Gasteiger partial charge in [-0.05, 0) is 37.8 Å². The van der Waals surface area contributed by atoms with Crippen molar-refractivity contribution >= 4 is 29.1 Å². The number of β-amino-alcohol motifs (C(OH)–C–C–N with tert-alkyl or cyclic N) is 1. The van der Waals surface area contributed by atoms with Crippen LogP contribution in [0.4, 0.5) is 17.5 Å². The molecule has 0 bridgehead atoms. The van der Waals surface area contributed by atoms with E-state index < -0.39 is 5.60 Å². The number of hydrogen-bond acceptors (Lipinski definition) is 6. The van der Waals surface area contributed by atoms with Gasteiger partial charge in [0.1, 0.15) is 17.2 Å². The molecule has 3 aromatic rings. The molecule has 0 amide bonds. The second-order valence-corrected chi connectivity index (χ2v) is 8.12. The van der Waals surface area contributed by atoms with Gasteiger partial charge in [-0.1, -0.05) is 23.7 Å². The number of aryl methyl sites for hydroxylation is 1. The van der Waals surface area contributed by atoms with Gasteiger partial charge in [-0.2, -0.15) is 5.10 Å². The minimum atomic E-state index is -0.581. The second-order valence-electron chi connectivity index (χ2n) is 7.71. The summed E-state index contributed by atoms with van der Waals surface area (Å²) in [4.78, 5) is 11.5. The Kier molecular flexibility index (Phi) is 4.03. The summed E-state index contributed by atoms with van der Waals surface area (Å²) in [5.41, 5.74) is 1.15. The first-order chi connectivity index (χ1) is 13.5. The standard InChI is InChI=1S/C20H21ClN6O.3H2/c1-12-8-17(26-25-12)22-16-9-18(27-10-20(28,11-27)13-6-7-13)24-19(23-16)14-4-2-3-5-15(14)21;;;/h2-5,8-9,13,28H,6-7,10-11H2,1H3,(H2,22,23,24,25,26);3*1H. The zero-order valence-electron chi connectivity index (χ0n) is 15.5. The number of hydrogen-bond donors (Lipinski definition) is 3. The first kappa shape index (κ1) is 17.5. The van der Waals surface area contributed by atoms with Crippen LogP contribution >= 0.6 is 11.6 Å². The Morgan fingerprint density at radius 1 is 1.21 bits per heavy atom. The number of aromatic nitrogens is 4. The summed E-state index contributed by atoms with van der Waals surface area (Å²) in [5, 5.41) is 21.6. The van der Waals surface area contributed by atoms with E-state index in [1.807, 2.05) is 43.3 Å². The predicted molar refractivity (Wildman–Crippen MR) is 115 cm³/mol. The lowest BCUT2D eigenvalue weighted by molar-refractivity contribution is -0.00973. The van der Waals surface area contributed by atoms with Crippen molar-refractivity contribution in [1.29, 1.82) is 0 Å². The molecule has 1 saturated carbocycles. The van der Waals surface area contributed by atoms with E-state index in [1.165, 1.54) is 0 Å². The number of halogens is 1. The molecule has 1 aliphatic heterocycles. The lowest BCUT2D eigenvalue weighted by Crippen LogP contribution is -2.63. The van der Waals surface area contributed by atoms with E-state index in [4.69, 9.17) is 16.6 Å². The monoisotopic (exact) mass is 402 g/mol. The zero-order valence-corrected chi connectivity index (χ0v) is 16.2. The Balaban J connectivity index is 0.00000114. The molecular weight excluding hydrogens is 376 g/mol. The van der Waals surface area contributed by atoms with Gasteiger partial charge < -0.3 is 15.3 Å². The summed E-state index contributed by atoms with van der Waals surface area (Å²) in [7, 11) is 0. The van der Waals surface area contributed by atoms with E-state index in [0.29, 0.717) is 41.5 Å². The minimum absolute atomic E-state index is 0. The maximum absolute atomic E-state index is 10.7. The average molecular weight is 403 g/mol. The third kappa shape index (κ3) is 3.21. The molecule has 0 spiro atoms. The van der Waals surface area contributed by atoms with Crippen molar-refractivity contribution in [2.24, 2.45) is 5.92 Å². The first-order valence-electron chi connectivity index (χ1n) is 9.40. The molecule has 1 aromatic carbocycles. The molecule has 0 atom stereocenters. The van der Waals surface area contributed by atoms with Gasteiger partial charge in [0.2, 0.25) is 0 Å². The maximum atomic E-state index is 10.7. The van der Waals surface area contributed by atoms with Gasteiger partial charge in [-0.15, -0.1) is 0 Å². The molecule has 28 heavy (non-hydrogen) atoms. The smallest absolute Gasteiger partial charge is 0.165 e. The molecule has 2 fully saturated rings. The molecule has 150 valence electrons. The van der Waals surface area contributed by atoms with Crippen molar-refractivity contribution < 1.29 is 9.39 Å². The zero-order chi connectivity index (χ0) is 19.3. The minimum Gasteiger partial charge on any atom is -0.386 e. The van der Waals surface area contributed by atoms with E-state index in [-0.39, 0.29) is 4.28 Å². The van der Waals surface area contributed by atoms with Crippen molar-refractivity contribution in [3.63, 3.8) is 0 Å². The van der Waals surface area contributed by atoms with Gasteiger partial charge in [0.15, 0.2) is 11.6 Å². The fourth-order valence-corrected chi connectivity index (χ4v) is 3.91. The Hall–Kier alpha value is -2.64. The Labute approximate surface area is 172 Å². The summed E-state index contributed by atoms with van der Waals surface area (Å²) >= 11 is 6.38. The van der Waals surface area contributed by atoms with Gasteiger partial charge in [-0.3, -0.25) is 5.10 Å². The van der Waals surface area contributed by atoms with Crippen molar-refractivity contribution in [3.05, 3.63) is 47.1 Å². The van der Waals surface area contributed by atoms with Gasteiger partial charge >= 0.3 is 0 Å². The summed E-state index contributed by atoms with van der Waals surface area (Å²) in [6.45, 7) is 3.13. The van der Waals surface area contributed by atoms with E-state index in [1.54, 1.807) is 0 Å².